The van der Waals surface area contributed by atoms with E-state index in [-0.39, 0.29) is 46.2 Å². The highest BCUT2D eigenvalue weighted by molar-refractivity contribution is 8.00. The third-order valence-corrected chi connectivity index (χ3v) is 7.10. The summed E-state index contributed by atoms with van der Waals surface area (Å²) in [6, 6.07) is -1.04. The molecular formula is C20H23ClN6O8S2. The van der Waals surface area contributed by atoms with Crippen molar-refractivity contribution in [2.75, 3.05) is 24.2 Å². The number of rotatable bonds is 10. The molecule has 37 heavy (non-hydrogen) atoms. The maximum Gasteiger partial charge on any atom is 0.407 e. The summed E-state index contributed by atoms with van der Waals surface area (Å²) in [6.07, 6.45) is -0.242. The maximum atomic E-state index is 13.1. The summed E-state index contributed by atoms with van der Waals surface area (Å²) >= 11 is 8.19. The minimum Gasteiger partial charge on any atom is -0.477 e. The highest BCUT2D eigenvalue weighted by atomic mass is 35.5. The van der Waals surface area contributed by atoms with Crippen molar-refractivity contribution in [3.63, 3.8) is 0 Å². The Labute approximate surface area is 223 Å². The van der Waals surface area contributed by atoms with Gasteiger partial charge in [-0.2, -0.15) is 0 Å². The number of anilines is 1. The normalized spacial score (nSPS) is 19.4. The molecule has 0 spiro atoms. The van der Waals surface area contributed by atoms with E-state index < -0.39 is 40.9 Å². The van der Waals surface area contributed by atoms with Crippen LogP contribution in [0.5, 0.6) is 0 Å². The summed E-state index contributed by atoms with van der Waals surface area (Å²) in [4.78, 5) is 70.0. The Balaban J connectivity index is 1.69. The van der Waals surface area contributed by atoms with E-state index in [1.807, 2.05) is 0 Å². The molecule has 2 atom stereocenters. The van der Waals surface area contributed by atoms with Crippen LogP contribution >= 0.6 is 34.7 Å². The summed E-state index contributed by atoms with van der Waals surface area (Å²) in [5.74, 6) is -2.66. The summed E-state index contributed by atoms with van der Waals surface area (Å²) in [5, 5.41) is 21.6. The van der Waals surface area contributed by atoms with E-state index in [4.69, 9.17) is 21.2 Å². The Morgan fingerprint density at radius 3 is 2.76 bits per heavy atom. The molecule has 2 aliphatic rings. The van der Waals surface area contributed by atoms with Crippen LogP contribution in [0.3, 0.4) is 0 Å². The van der Waals surface area contributed by atoms with Gasteiger partial charge in [0.05, 0.1) is 11.6 Å². The summed E-state index contributed by atoms with van der Waals surface area (Å²) in [5.41, 5.74) is -1.24. The van der Waals surface area contributed by atoms with Crippen LogP contribution in [0.2, 0.25) is 0 Å². The number of carbonyl (C=O) groups is 5. The van der Waals surface area contributed by atoms with Crippen molar-refractivity contribution in [1.29, 1.82) is 0 Å². The zero-order chi connectivity index (χ0) is 27.3. The van der Waals surface area contributed by atoms with Gasteiger partial charge in [0, 0.05) is 11.1 Å². The van der Waals surface area contributed by atoms with Crippen LogP contribution in [0.25, 0.3) is 0 Å². The molecule has 1 aromatic heterocycles. The number of carboxylic acids is 1. The van der Waals surface area contributed by atoms with Gasteiger partial charge < -0.3 is 30.6 Å². The monoisotopic (exact) mass is 574 g/mol. The number of fused-ring (bicyclic) bond motifs is 1. The topological polar surface area (TPSA) is 189 Å². The van der Waals surface area contributed by atoms with Gasteiger partial charge in [-0.15, -0.1) is 23.1 Å². The van der Waals surface area contributed by atoms with Crippen molar-refractivity contribution in [3.05, 3.63) is 21.8 Å². The number of carboxylic acid groups (broad SMARTS) is 1. The highest BCUT2D eigenvalue weighted by Gasteiger charge is 2.54. The van der Waals surface area contributed by atoms with Gasteiger partial charge >= 0.3 is 12.1 Å². The number of alkyl carbamates (subject to hydrolysis) is 1. The van der Waals surface area contributed by atoms with Gasteiger partial charge in [0.1, 0.15) is 35.0 Å². The molecule has 17 heteroatoms. The average molecular weight is 575 g/mol. The summed E-state index contributed by atoms with van der Waals surface area (Å²) in [6.45, 7) is 5.03. The van der Waals surface area contributed by atoms with Gasteiger partial charge in [-0.1, -0.05) is 16.8 Å². The lowest BCUT2D eigenvalue weighted by molar-refractivity contribution is -0.150. The molecule has 200 valence electrons. The molecular weight excluding hydrogens is 552 g/mol. The predicted octanol–water partition coefficient (Wildman–Crippen LogP) is 0.892. The predicted molar refractivity (Wildman–Crippen MR) is 134 cm³/mol. The van der Waals surface area contributed by atoms with Crippen molar-refractivity contribution >= 4 is 75.8 Å². The molecule has 1 aromatic rings. The molecule has 4 N–H and O–H groups in total. The van der Waals surface area contributed by atoms with Crippen LogP contribution < -0.4 is 16.0 Å². The van der Waals surface area contributed by atoms with Crippen LogP contribution in [0.4, 0.5) is 9.93 Å². The lowest BCUT2D eigenvalue weighted by Crippen LogP contribution is -2.71. The van der Waals surface area contributed by atoms with Crippen molar-refractivity contribution < 1.29 is 38.7 Å². The number of thioether (sulfide) groups is 1. The second-order valence-corrected chi connectivity index (χ2v) is 10.8. The van der Waals surface area contributed by atoms with Gasteiger partial charge in [-0.3, -0.25) is 19.3 Å². The number of halogens is 1. The van der Waals surface area contributed by atoms with Crippen molar-refractivity contribution in [2.45, 2.75) is 37.8 Å². The molecule has 3 heterocycles. The maximum absolute atomic E-state index is 13.1. The number of aliphatic carboxylic acids is 1. The number of nitrogens with zero attached hydrogens (tertiary/aromatic N) is 3. The van der Waals surface area contributed by atoms with Crippen LogP contribution in [0.1, 0.15) is 26.5 Å². The molecule has 0 aromatic carbocycles. The number of ether oxygens (including phenoxy) is 1. The first-order chi connectivity index (χ1) is 17.4. The molecule has 0 radical (unpaired) electrons. The summed E-state index contributed by atoms with van der Waals surface area (Å²) in [7, 11) is 0. The number of carbonyl (C=O) groups excluding carboxylic acids is 4. The molecule has 4 amide bonds. The van der Waals surface area contributed by atoms with Gasteiger partial charge in [-0.05, 0) is 20.8 Å². The van der Waals surface area contributed by atoms with Gasteiger partial charge in [0.25, 0.3) is 11.8 Å². The third-order valence-electron chi connectivity index (χ3n) is 4.57. The number of nitrogens with one attached hydrogen (secondary N) is 3. The molecule has 14 nitrogen and oxygen atoms in total. The fraction of sp³-hybridized carbons (Fsp3) is 0.450. The Morgan fingerprint density at radius 1 is 1.38 bits per heavy atom. The molecule has 0 aliphatic carbocycles. The van der Waals surface area contributed by atoms with Gasteiger partial charge in [0.15, 0.2) is 10.8 Å². The second kappa shape index (κ2) is 11.8. The second-order valence-electron chi connectivity index (χ2n) is 8.42. The number of aromatic nitrogens is 1. The van der Waals surface area contributed by atoms with Crippen molar-refractivity contribution in [3.8, 4) is 0 Å². The Morgan fingerprint density at radius 2 is 2.11 bits per heavy atom. The zero-order valence-electron chi connectivity index (χ0n) is 19.8. The van der Waals surface area contributed by atoms with Gasteiger partial charge in [0.2, 0.25) is 6.41 Å². The number of oxime groups is 1. The fourth-order valence-electron chi connectivity index (χ4n) is 3.12. The summed E-state index contributed by atoms with van der Waals surface area (Å²) < 4.78 is 5.11. The largest absolute Gasteiger partial charge is 0.477 e. The SMILES string of the molecule is CC(C)(C)OC(=O)NCCON=C(C(=O)NC1C(=O)N2C(C(=O)O)=C(Cl)CS[C@H]12)c1csc(NC=O)n1. The van der Waals surface area contributed by atoms with E-state index in [1.54, 1.807) is 20.8 Å². The van der Waals surface area contributed by atoms with E-state index in [2.05, 4.69) is 26.1 Å². The van der Waals surface area contributed by atoms with Crippen LogP contribution in [0.15, 0.2) is 21.3 Å². The molecule has 3 rings (SSSR count). The first kappa shape index (κ1) is 28.2. The lowest BCUT2D eigenvalue weighted by Gasteiger charge is -2.48. The Bertz CT molecular complexity index is 1160. The number of amides is 4. The van der Waals surface area contributed by atoms with Crippen molar-refractivity contribution in [2.24, 2.45) is 5.16 Å². The molecule has 0 saturated carbocycles. The van der Waals surface area contributed by atoms with Crippen LogP contribution in [-0.4, -0.2) is 86.9 Å². The molecule has 2 aliphatic heterocycles. The quantitative estimate of drug-likeness (QED) is 0.103. The Hall–Kier alpha value is -3.37. The number of thiazole rings is 1. The number of hydrogen-bond donors (Lipinski definition) is 4. The van der Waals surface area contributed by atoms with Gasteiger partial charge in [-0.25, -0.2) is 14.6 Å². The van der Waals surface area contributed by atoms with E-state index in [0.29, 0.717) is 6.41 Å². The van der Waals surface area contributed by atoms with Crippen LogP contribution in [-0.2, 0) is 28.8 Å². The fourth-order valence-corrected chi connectivity index (χ4v) is 5.32. The lowest BCUT2D eigenvalue weighted by atomic mass is 10.0. The smallest absolute Gasteiger partial charge is 0.407 e. The van der Waals surface area contributed by atoms with Crippen molar-refractivity contribution in [1.82, 2.24) is 20.5 Å². The third kappa shape index (κ3) is 6.90. The standard InChI is InChI=1S/C20H23ClN6O8S2/c1-20(2,3)35-19(33)22-4-5-34-26-11(10-7-37-18(24-10)23-8-28)14(29)25-12-15(30)27-13(17(31)32)9(21)6-36-16(12)27/h7-8,12,16H,4-6H2,1-3H3,(H,22,33)(H,25,29)(H,31,32)(H,23,24,28)/t12?,16-/m1/s1. The molecule has 1 saturated heterocycles. The number of hydrogen-bond acceptors (Lipinski definition) is 11. The number of β-lactam (4-membered cyclic amide) rings is 1. The van der Waals surface area contributed by atoms with E-state index in [0.717, 1.165) is 16.2 Å². The highest BCUT2D eigenvalue weighted by Crippen LogP contribution is 2.41. The molecule has 1 fully saturated rings. The van der Waals surface area contributed by atoms with E-state index >= 15 is 0 Å². The minimum atomic E-state index is -1.35. The zero-order valence-corrected chi connectivity index (χ0v) is 22.2. The molecule has 0 bridgehead atoms. The van der Waals surface area contributed by atoms with E-state index in [9.17, 15) is 29.1 Å². The minimum absolute atomic E-state index is 0.0160. The first-order valence-corrected chi connectivity index (χ1v) is 12.9. The Kier molecular flexibility index (Phi) is 8.98. The average Bonchev–Trinajstić information content (AvgIpc) is 3.26. The molecule has 1 unspecified atom stereocenters. The first-order valence-electron chi connectivity index (χ1n) is 10.6. The van der Waals surface area contributed by atoms with Crippen LogP contribution in [0, 0.1) is 0 Å². The van der Waals surface area contributed by atoms with E-state index in [1.165, 1.54) is 17.1 Å².